The second-order valence-corrected chi connectivity index (χ2v) is 4.93. The number of carbonyl (C=O) groups is 1. The van der Waals surface area contributed by atoms with Crippen molar-refractivity contribution in [2.24, 2.45) is 0 Å². The summed E-state index contributed by atoms with van der Waals surface area (Å²) in [5.74, 6) is -1.43. The molecule has 1 unspecified atom stereocenters. The van der Waals surface area contributed by atoms with Crippen molar-refractivity contribution in [1.29, 1.82) is 0 Å². The summed E-state index contributed by atoms with van der Waals surface area (Å²) in [7, 11) is -3.79. The Balaban J connectivity index is 2.92. The molecule has 0 aromatic heterocycles. The fourth-order valence-corrected chi connectivity index (χ4v) is 2.44. The molecule has 0 aliphatic rings. The van der Waals surface area contributed by atoms with Gasteiger partial charge in [-0.15, -0.1) is 0 Å². The topological polar surface area (TPSA) is 86.3 Å². The SMILES string of the molecule is CCC(NS(=O)(=O)c1ccccc1)C(=O)[O-]. The highest BCUT2D eigenvalue weighted by atomic mass is 32.2. The first-order valence-corrected chi connectivity index (χ1v) is 6.24. The number of hydrogen-bond acceptors (Lipinski definition) is 4. The molecule has 6 heteroatoms. The largest absolute Gasteiger partial charge is 0.548 e. The van der Waals surface area contributed by atoms with E-state index in [2.05, 4.69) is 4.72 Å². The van der Waals surface area contributed by atoms with Crippen molar-refractivity contribution in [2.45, 2.75) is 24.3 Å². The quantitative estimate of drug-likeness (QED) is 0.753. The molecule has 1 aromatic carbocycles. The van der Waals surface area contributed by atoms with Gasteiger partial charge in [0.2, 0.25) is 10.0 Å². The highest BCUT2D eigenvalue weighted by Gasteiger charge is 2.18. The summed E-state index contributed by atoms with van der Waals surface area (Å²) in [6.45, 7) is 1.56. The second kappa shape index (κ2) is 5.09. The number of nitrogens with one attached hydrogen (secondary N) is 1. The van der Waals surface area contributed by atoms with Crippen LogP contribution in [0.25, 0.3) is 0 Å². The molecule has 0 amide bonds. The predicted octanol–water partition coefficient (Wildman–Crippen LogP) is -0.507. The Kier molecular flexibility index (Phi) is 4.03. The average Bonchev–Trinajstić information content (AvgIpc) is 2.27. The lowest BCUT2D eigenvalue weighted by atomic mass is 10.2. The molecule has 0 saturated carbocycles. The van der Waals surface area contributed by atoms with Gasteiger partial charge in [0.15, 0.2) is 0 Å². The zero-order valence-electron chi connectivity index (χ0n) is 8.71. The normalized spacial score (nSPS) is 13.3. The minimum Gasteiger partial charge on any atom is -0.548 e. The van der Waals surface area contributed by atoms with E-state index in [1.54, 1.807) is 25.1 Å². The van der Waals surface area contributed by atoms with Gasteiger partial charge in [-0.1, -0.05) is 25.1 Å². The molecule has 0 aliphatic heterocycles. The van der Waals surface area contributed by atoms with Crippen molar-refractivity contribution in [2.75, 3.05) is 0 Å². The van der Waals surface area contributed by atoms with E-state index in [0.29, 0.717) is 0 Å². The van der Waals surface area contributed by atoms with Gasteiger partial charge in [-0.3, -0.25) is 0 Å². The second-order valence-electron chi connectivity index (χ2n) is 3.21. The molecule has 0 radical (unpaired) electrons. The summed E-state index contributed by atoms with van der Waals surface area (Å²) in [5.41, 5.74) is 0. The Morgan fingerprint density at radius 2 is 1.94 bits per heavy atom. The van der Waals surface area contributed by atoms with E-state index in [0.717, 1.165) is 0 Å². The van der Waals surface area contributed by atoms with E-state index in [9.17, 15) is 18.3 Å². The van der Waals surface area contributed by atoms with Gasteiger partial charge in [-0.2, -0.15) is 0 Å². The van der Waals surface area contributed by atoms with Crippen LogP contribution in [0, 0.1) is 0 Å². The molecule has 1 N–H and O–H groups in total. The van der Waals surface area contributed by atoms with Crippen LogP contribution in [0.1, 0.15) is 13.3 Å². The van der Waals surface area contributed by atoms with Gasteiger partial charge in [-0.05, 0) is 18.6 Å². The first-order chi connectivity index (χ1) is 7.47. The monoisotopic (exact) mass is 242 g/mol. The number of carbonyl (C=O) groups excluding carboxylic acids is 1. The first-order valence-electron chi connectivity index (χ1n) is 4.75. The summed E-state index contributed by atoms with van der Waals surface area (Å²) < 4.78 is 25.5. The highest BCUT2D eigenvalue weighted by Crippen LogP contribution is 2.08. The Morgan fingerprint density at radius 3 is 2.38 bits per heavy atom. The lowest BCUT2D eigenvalue weighted by Gasteiger charge is -2.17. The van der Waals surface area contributed by atoms with Crippen molar-refractivity contribution in [1.82, 2.24) is 4.72 Å². The molecule has 0 heterocycles. The van der Waals surface area contributed by atoms with Gasteiger partial charge >= 0.3 is 0 Å². The van der Waals surface area contributed by atoms with Gasteiger partial charge < -0.3 is 9.90 Å². The van der Waals surface area contributed by atoms with Crippen molar-refractivity contribution in [3.63, 3.8) is 0 Å². The number of aliphatic carboxylic acids is 1. The maximum Gasteiger partial charge on any atom is 0.241 e. The zero-order chi connectivity index (χ0) is 12.2. The van der Waals surface area contributed by atoms with Crippen LogP contribution in [0.15, 0.2) is 35.2 Å². The smallest absolute Gasteiger partial charge is 0.241 e. The molecular formula is C10H12NO4S-. The van der Waals surface area contributed by atoms with Crippen LogP contribution < -0.4 is 9.83 Å². The number of carboxylic acids is 1. The number of sulfonamides is 1. The number of rotatable bonds is 5. The zero-order valence-corrected chi connectivity index (χ0v) is 9.53. The van der Waals surface area contributed by atoms with Crippen LogP contribution in [0.3, 0.4) is 0 Å². The van der Waals surface area contributed by atoms with Gasteiger partial charge in [0, 0.05) is 0 Å². The van der Waals surface area contributed by atoms with Crippen LogP contribution >= 0.6 is 0 Å². The van der Waals surface area contributed by atoms with E-state index < -0.39 is 22.0 Å². The maximum atomic E-state index is 11.7. The summed E-state index contributed by atoms with van der Waals surface area (Å²) >= 11 is 0. The number of hydrogen-bond donors (Lipinski definition) is 1. The summed E-state index contributed by atoms with van der Waals surface area (Å²) in [6, 6.07) is 6.39. The van der Waals surface area contributed by atoms with Crippen LogP contribution in [-0.2, 0) is 14.8 Å². The lowest BCUT2D eigenvalue weighted by molar-refractivity contribution is -0.308. The number of benzene rings is 1. The van der Waals surface area contributed by atoms with E-state index in [1.807, 2.05) is 0 Å². The van der Waals surface area contributed by atoms with Crippen LogP contribution in [0.4, 0.5) is 0 Å². The molecule has 0 aliphatic carbocycles. The third-order valence-electron chi connectivity index (χ3n) is 2.04. The molecule has 0 bridgehead atoms. The molecule has 16 heavy (non-hydrogen) atoms. The molecule has 0 fully saturated rings. The Hall–Kier alpha value is -1.40. The Morgan fingerprint density at radius 1 is 1.38 bits per heavy atom. The Bertz CT molecular complexity index is 455. The third kappa shape index (κ3) is 3.04. The molecule has 88 valence electrons. The maximum absolute atomic E-state index is 11.7. The van der Waals surface area contributed by atoms with Crippen molar-refractivity contribution < 1.29 is 18.3 Å². The molecule has 0 spiro atoms. The average molecular weight is 242 g/mol. The predicted molar refractivity (Wildman–Crippen MR) is 55.8 cm³/mol. The summed E-state index contributed by atoms with van der Waals surface area (Å²) in [5, 5.41) is 10.6. The molecule has 0 saturated heterocycles. The van der Waals surface area contributed by atoms with E-state index in [1.165, 1.54) is 12.1 Å². The van der Waals surface area contributed by atoms with Crippen molar-refractivity contribution >= 4 is 16.0 Å². The van der Waals surface area contributed by atoms with Crippen LogP contribution in [0.2, 0.25) is 0 Å². The highest BCUT2D eigenvalue weighted by molar-refractivity contribution is 7.89. The molecule has 1 aromatic rings. The first kappa shape index (κ1) is 12.7. The van der Waals surface area contributed by atoms with E-state index in [4.69, 9.17) is 0 Å². The van der Waals surface area contributed by atoms with Crippen molar-refractivity contribution in [3.05, 3.63) is 30.3 Å². The molecular weight excluding hydrogens is 230 g/mol. The fourth-order valence-electron chi connectivity index (χ4n) is 1.15. The molecule has 5 nitrogen and oxygen atoms in total. The third-order valence-corrected chi connectivity index (χ3v) is 3.53. The summed E-state index contributed by atoms with van der Waals surface area (Å²) in [4.78, 5) is 10.6. The van der Waals surface area contributed by atoms with Gasteiger partial charge in [0.1, 0.15) is 0 Å². The minimum absolute atomic E-state index is 0.0368. The number of carboxylic acid groups (broad SMARTS) is 1. The van der Waals surface area contributed by atoms with Gasteiger partial charge in [-0.25, -0.2) is 13.1 Å². The van der Waals surface area contributed by atoms with Crippen LogP contribution in [-0.4, -0.2) is 20.4 Å². The molecule has 1 atom stereocenters. The van der Waals surface area contributed by atoms with Gasteiger partial charge in [0.05, 0.1) is 16.9 Å². The van der Waals surface area contributed by atoms with E-state index in [-0.39, 0.29) is 11.3 Å². The minimum atomic E-state index is -3.79. The fraction of sp³-hybridized carbons (Fsp3) is 0.300. The standard InChI is InChI=1S/C10H13NO4S/c1-2-9(10(12)13)11-16(14,15)8-6-4-3-5-7-8/h3-7,9,11H,2H2,1H3,(H,12,13)/p-1. The Labute approximate surface area is 94.2 Å². The van der Waals surface area contributed by atoms with Crippen LogP contribution in [0.5, 0.6) is 0 Å². The van der Waals surface area contributed by atoms with E-state index >= 15 is 0 Å². The van der Waals surface area contributed by atoms with Gasteiger partial charge in [0.25, 0.3) is 0 Å². The lowest BCUT2D eigenvalue weighted by Crippen LogP contribution is -2.47. The summed E-state index contributed by atoms with van der Waals surface area (Å²) in [6.07, 6.45) is 0.133. The van der Waals surface area contributed by atoms with Crippen molar-refractivity contribution in [3.8, 4) is 0 Å². The molecule has 1 rings (SSSR count).